The number of aromatic nitrogens is 3. The summed E-state index contributed by atoms with van der Waals surface area (Å²) in [6.07, 6.45) is 7.93. The van der Waals surface area contributed by atoms with E-state index in [0.717, 1.165) is 23.8 Å². The zero-order valence-electron chi connectivity index (χ0n) is 8.50. The highest BCUT2D eigenvalue weighted by Crippen LogP contribution is 2.08. The lowest BCUT2D eigenvalue weighted by Crippen LogP contribution is -2.21. The molecular weight excluding hydrogens is 208 g/mol. The monoisotopic (exact) mass is 220 g/mol. The van der Waals surface area contributed by atoms with Crippen LogP contribution >= 0.6 is 11.3 Å². The van der Waals surface area contributed by atoms with E-state index in [1.807, 2.05) is 18.6 Å². The Balaban J connectivity index is 1.90. The third-order valence-electron chi connectivity index (χ3n) is 2.09. The molecule has 0 aliphatic carbocycles. The third kappa shape index (κ3) is 2.73. The SMILES string of the molecule is CN(CCc1nccs1)c1cnccn1. The Morgan fingerprint density at radius 3 is 2.87 bits per heavy atom. The van der Waals surface area contributed by atoms with Crippen LogP contribution in [0, 0.1) is 0 Å². The van der Waals surface area contributed by atoms with Crippen LogP contribution in [-0.2, 0) is 6.42 Å². The molecule has 0 aliphatic rings. The molecule has 0 radical (unpaired) electrons. The Bertz CT molecular complexity index is 387. The fourth-order valence-corrected chi connectivity index (χ4v) is 1.85. The molecule has 0 aromatic carbocycles. The predicted octanol–water partition coefficient (Wildman–Crippen LogP) is 1.61. The predicted molar refractivity (Wildman–Crippen MR) is 61.1 cm³/mol. The molecule has 2 heterocycles. The fraction of sp³-hybridized carbons (Fsp3) is 0.300. The van der Waals surface area contributed by atoms with Crippen LogP contribution in [0.4, 0.5) is 5.82 Å². The van der Waals surface area contributed by atoms with Crippen LogP contribution in [0.1, 0.15) is 5.01 Å². The maximum atomic E-state index is 4.24. The number of hydrogen-bond acceptors (Lipinski definition) is 5. The molecule has 0 saturated carbocycles. The summed E-state index contributed by atoms with van der Waals surface area (Å²) in [5.74, 6) is 0.897. The molecule has 2 rings (SSSR count). The van der Waals surface area contributed by atoms with E-state index in [2.05, 4.69) is 19.9 Å². The van der Waals surface area contributed by atoms with E-state index in [-0.39, 0.29) is 0 Å². The van der Waals surface area contributed by atoms with Gasteiger partial charge in [0, 0.05) is 44.0 Å². The Morgan fingerprint density at radius 2 is 2.20 bits per heavy atom. The minimum absolute atomic E-state index is 0.897. The van der Waals surface area contributed by atoms with Crippen LogP contribution in [-0.4, -0.2) is 28.5 Å². The Morgan fingerprint density at radius 1 is 1.27 bits per heavy atom. The maximum absolute atomic E-state index is 4.24. The van der Waals surface area contributed by atoms with Gasteiger partial charge >= 0.3 is 0 Å². The first kappa shape index (κ1) is 10.0. The summed E-state index contributed by atoms with van der Waals surface area (Å²) in [5, 5.41) is 3.16. The number of thiazole rings is 1. The minimum atomic E-state index is 0.897. The Labute approximate surface area is 92.6 Å². The number of hydrogen-bond donors (Lipinski definition) is 0. The van der Waals surface area contributed by atoms with Crippen LogP contribution < -0.4 is 4.90 Å². The number of nitrogens with zero attached hydrogens (tertiary/aromatic N) is 4. The summed E-state index contributed by atoms with van der Waals surface area (Å²) in [6, 6.07) is 0. The average Bonchev–Trinajstić information content (AvgIpc) is 2.80. The van der Waals surface area contributed by atoms with Crippen molar-refractivity contribution in [2.75, 3.05) is 18.5 Å². The van der Waals surface area contributed by atoms with E-state index >= 15 is 0 Å². The molecule has 0 spiro atoms. The van der Waals surface area contributed by atoms with Crippen molar-refractivity contribution in [1.82, 2.24) is 15.0 Å². The van der Waals surface area contributed by atoms with Gasteiger partial charge < -0.3 is 4.90 Å². The van der Waals surface area contributed by atoms with Crippen molar-refractivity contribution in [1.29, 1.82) is 0 Å². The minimum Gasteiger partial charge on any atom is -0.358 e. The quantitative estimate of drug-likeness (QED) is 0.785. The summed E-state index contributed by atoms with van der Waals surface area (Å²) >= 11 is 1.69. The molecule has 0 amide bonds. The zero-order valence-corrected chi connectivity index (χ0v) is 9.31. The van der Waals surface area contributed by atoms with E-state index in [1.165, 1.54) is 0 Å². The maximum Gasteiger partial charge on any atom is 0.146 e. The highest BCUT2D eigenvalue weighted by molar-refractivity contribution is 7.09. The highest BCUT2D eigenvalue weighted by atomic mass is 32.1. The van der Waals surface area contributed by atoms with Crippen molar-refractivity contribution in [3.8, 4) is 0 Å². The van der Waals surface area contributed by atoms with Gasteiger partial charge in [-0.25, -0.2) is 9.97 Å². The lowest BCUT2D eigenvalue weighted by atomic mass is 10.4. The molecule has 0 unspecified atom stereocenters. The van der Waals surface area contributed by atoms with Crippen LogP contribution in [0.5, 0.6) is 0 Å². The largest absolute Gasteiger partial charge is 0.358 e. The van der Waals surface area contributed by atoms with Gasteiger partial charge in [0.15, 0.2) is 0 Å². The highest BCUT2D eigenvalue weighted by Gasteiger charge is 2.03. The van der Waals surface area contributed by atoms with Gasteiger partial charge in [-0.2, -0.15) is 0 Å². The van der Waals surface area contributed by atoms with Gasteiger partial charge in [0.1, 0.15) is 5.82 Å². The molecule has 5 heteroatoms. The second kappa shape index (κ2) is 4.84. The molecular formula is C10H12N4S. The first-order valence-corrected chi connectivity index (χ1v) is 5.60. The van der Waals surface area contributed by atoms with Crippen LogP contribution in [0.2, 0.25) is 0 Å². The Kier molecular flexibility index (Phi) is 3.24. The molecule has 78 valence electrons. The Hall–Kier alpha value is -1.49. The van der Waals surface area contributed by atoms with Gasteiger partial charge in [0.25, 0.3) is 0 Å². The molecule has 4 nitrogen and oxygen atoms in total. The van der Waals surface area contributed by atoms with Gasteiger partial charge in [-0.15, -0.1) is 11.3 Å². The molecule has 0 fully saturated rings. The van der Waals surface area contributed by atoms with Gasteiger partial charge in [-0.3, -0.25) is 4.98 Å². The van der Waals surface area contributed by atoms with Gasteiger partial charge in [-0.1, -0.05) is 0 Å². The third-order valence-corrected chi connectivity index (χ3v) is 2.92. The van der Waals surface area contributed by atoms with Gasteiger partial charge in [-0.05, 0) is 0 Å². The van der Waals surface area contributed by atoms with Crippen LogP contribution in [0.15, 0.2) is 30.2 Å². The van der Waals surface area contributed by atoms with Crippen molar-refractivity contribution < 1.29 is 0 Å². The van der Waals surface area contributed by atoms with Gasteiger partial charge in [0.2, 0.25) is 0 Å². The number of rotatable bonds is 4. The second-order valence-corrected chi connectivity index (χ2v) is 4.14. The van der Waals surface area contributed by atoms with Crippen molar-refractivity contribution in [3.05, 3.63) is 35.2 Å². The van der Waals surface area contributed by atoms with E-state index < -0.39 is 0 Å². The molecule has 0 aliphatic heterocycles. The molecule has 0 N–H and O–H groups in total. The fourth-order valence-electron chi connectivity index (χ4n) is 1.24. The average molecular weight is 220 g/mol. The second-order valence-electron chi connectivity index (χ2n) is 3.16. The molecule has 0 atom stereocenters. The van der Waals surface area contributed by atoms with Crippen molar-refractivity contribution in [2.24, 2.45) is 0 Å². The zero-order chi connectivity index (χ0) is 10.5. The van der Waals surface area contributed by atoms with Crippen LogP contribution in [0.25, 0.3) is 0 Å². The number of likely N-dealkylation sites (N-methyl/N-ethyl adjacent to an activating group) is 1. The first-order chi connectivity index (χ1) is 7.36. The summed E-state index contributed by atoms with van der Waals surface area (Å²) in [6.45, 7) is 0.909. The molecule has 15 heavy (non-hydrogen) atoms. The lowest BCUT2D eigenvalue weighted by Gasteiger charge is -2.16. The standard InChI is InChI=1S/C10H12N4S/c1-14(9-8-11-3-4-12-9)6-2-10-13-5-7-15-10/h3-5,7-8H,2,6H2,1H3. The molecule has 0 saturated heterocycles. The summed E-state index contributed by atoms with van der Waals surface area (Å²) in [4.78, 5) is 14.6. The van der Waals surface area contributed by atoms with Crippen molar-refractivity contribution >= 4 is 17.2 Å². The summed E-state index contributed by atoms with van der Waals surface area (Å²) < 4.78 is 0. The summed E-state index contributed by atoms with van der Waals surface area (Å²) in [5.41, 5.74) is 0. The molecule has 0 bridgehead atoms. The van der Waals surface area contributed by atoms with E-state index in [4.69, 9.17) is 0 Å². The van der Waals surface area contributed by atoms with E-state index in [9.17, 15) is 0 Å². The van der Waals surface area contributed by atoms with Crippen molar-refractivity contribution in [2.45, 2.75) is 6.42 Å². The normalized spacial score (nSPS) is 10.2. The van der Waals surface area contributed by atoms with Crippen molar-refractivity contribution in [3.63, 3.8) is 0 Å². The van der Waals surface area contributed by atoms with Gasteiger partial charge in [0.05, 0.1) is 11.2 Å². The lowest BCUT2D eigenvalue weighted by molar-refractivity contribution is 0.849. The van der Waals surface area contributed by atoms with E-state index in [1.54, 1.807) is 29.9 Å². The molecule has 2 aromatic rings. The topological polar surface area (TPSA) is 41.9 Å². The first-order valence-electron chi connectivity index (χ1n) is 4.72. The smallest absolute Gasteiger partial charge is 0.146 e. The number of anilines is 1. The molecule has 2 aromatic heterocycles. The van der Waals surface area contributed by atoms with E-state index in [0.29, 0.717) is 0 Å². The van der Waals surface area contributed by atoms with Crippen LogP contribution in [0.3, 0.4) is 0 Å². The summed E-state index contributed by atoms with van der Waals surface area (Å²) in [7, 11) is 2.01.